The summed E-state index contributed by atoms with van der Waals surface area (Å²) >= 11 is 20.0. The Kier molecular flexibility index (Phi) is 11.7. The van der Waals surface area contributed by atoms with Crippen LogP contribution in [0.2, 0.25) is 0 Å². The minimum absolute atomic E-state index is 0.248. The number of carbonyl (C=O) groups is 1. The summed E-state index contributed by atoms with van der Waals surface area (Å²) in [4.78, 5) is 12.1. The monoisotopic (exact) mass is 470 g/mol. The van der Waals surface area contributed by atoms with E-state index in [-0.39, 0.29) is 13.2 Å². The molecule has 156 valence electrons. The first-order chi connectivity index (χ1) is 11.9. The number of aliphatic hydroxyl groups excluding tert-OH is 5. The maximum absolute atomic E-state index is 12.1. The average Bonchev–Trinajstić information content (AvgIpc) is 2.61. The second-order valence-electron chi connectivity index (χ2n) is 6.17. The molecule has 0 aromatic rings. The smallest absolute Gasteiger partial charge is 0.335 e. The summed E-state index contributed by atoms with van der Waals surface area (Å²) in [5.74, 6) is -0.953. The number of thiol groups is 5. The van der Waals surface area contributed by atoms with Crippen molar-refractivity contribution in [2.45, 2.75) is 7.49 Å². The highest BCUT2D eigenvalue weighted by Crippen LogP contribution is 2.45. The third-order valence-corrected chi connectivity index (χ3v) is 6.86. The summed E-state index contributed by atoms with van der Waals surface area (Å²) in [6.45, 7) is -3.77. The zero-order valence-corrected chi connectivity index (χ0v) is 18.3. The molecule has 0 atom stereocenters. The number of rotatable bonds is 13. The third kappa shape index (κ3) is 7.10. The van der Waals surface area contributed by atoms with Gasteiger partial charge in [-0.15, -0.1) is 63.1 Å². The zero-order chi connectivity index (χ0) is 20.6. The Morgan fingerprint density at radius 1 is 0.692 bits per heavy atom. The van der Waals surface area contributed by atoms with Gasteiger partial charge in [-0.2, -0.15) is 0 Å². The van der Waals surface area contributed by atoms with Crippen LogP contribution in [0.4, 0.5) is 0 Å². The van der Waals surface area contributed by atoms with Crippen LogP contribution in [0, 0.1) is 10.8 Å². The van der Waals surface area contributed by atoms with Crippen molar-refractivity contribution in [2.24, 2.45) is 10.8 Å². The van der Waals surface area contributed by atoms with Crippen LogP contribution >= 0.6 is 63.1 Å². The quantitative estimate of drug-likeness (QED) is 0.0891. The molecule has 0 radical (unpaired) electrons. The number of esters is 1. The molecule has 0 heterocycles. The van der Waals surface area contributed by atoms with E-state index in [1.54, 1.807) is 0 Å². The molecule has 0 saturated carbocycles. The predicted octanol–water partition coefficient (Wildman–Crippen LogP) is -1.52. The van der Waals surface area contributed by atoms with Crippen LogP contribution in [0.25, 0.3) is 0 Å². The van der Waals surface area contributed by atoms with Gasteiger partial charge in [0.05, 0.1) is 57.1 Å². The number of aliphatic hydroxyl groups is 5. The summed E-state index contributed by atoms with van der Waals surface area (Å²) in [5.41, 5.74) is -2.64. The van der Waals surface area contributed by atoms with E-state index in [4.69, 9.17) is 9.47 Å². The van der Waals surface area contributed by atoms with Gasteiger partial charge in [-0.25, -0.2) is 4.79 Å². The second kappa shape index (κ2) is 11.2. The molecular weight excluding hydrogens is 444 g/mol. The highest BCUT2D eigenvalue weighted by Gasteiger charge is 2.48. The molecule has 0 aliphatic heterocycles. The van der Waals surface area contributed by atoms with Crippen molar-refractivity contribution < 1.29 is 39.8 Å². The van der Waals surface area contributed by atoms with Gasteiger partial charge < -0.3 is 35.0 Å². The summed E-state index contributed by atoms with van der Waals surface area (Å²) in [6, 6.07) is 0. The molecule has 0 saturated heterocycles. The lowest BCUT2D eigenvalue weighted by Crippen LogP contribution is -2.47. The third-order valence-electron chi connectivity index (χ3n) is 3.76. The molecule has 0 aliphatic carbocycles. The minimum atomic E-state index is -1.79. The van der Waals surface area contributed by atoms with Crippen LogP contribution in [-0.2, 0) is 14.3 Å². The number of hydrogen-bond donors (Lipinski definition) is 10. The Bertz CT molecular complexity index is 426. The maximum atomic E-state index is 12.1. The van der Waals surface area contributed by atoms with Gasteiger partial charge in [-0.3, -0.25) is 0 Å². The van der Waals surface area contributed by atoms with E-state index in [0.29, 0.717) is 0 Å². The minimum Gasteiger partial charge on any atom is -0.463 e. The van der Waals surface area contributed by atoms with Crippen LogP contribution in [-0.4, -0.2) is 91.8 Å². The first kappa shape index (κ1) is 27.0. The van der Waals surface area contributed by atoms with Crippen LogP contribution in [0.15, 0.2) is 0 Å². The summed E-state index contributed by atoms with van der Waals surface area (Å²) < 4.78 is 7.06. The van der Waals surface area contributed by atoms with Gasteiger partial charge in [-0.05, 0) is 0 Å². The Labute approximate surface area is 179 Å². The Morgan fingerprint density at radius 2 is 1.08 bits per heavy atom. The molecule has 0 aromatic heterocycles. The molecule has 0 rings (SSSR count). The van der Waals surface area contributed by atoms with Gasteiger partial charge in [0, 0.05) is 0 Å². The standard InChI is InChI=1S/C13H26O8S5/c14-1-10(2-15,3-16)6-20-7-11(4-17,5-18)8-21-9(19)12(22,23)13(24,25)26/h14-18,22-26H,1-8H2. The number of hydrogen-bond acceptors (Lipinski definition) is 13. The van der Waals surface area contributed by atoms with Crippen LogP contribution in [0.1, 0.15) is 0 Å². The summed E-state index contributed by atoms with van der Waals surface area (Å²) in [5, 5.41) is 46.9. The number of carbonyl (C=O) groups excluding carboxylic acids is 1. The van der Waals surface area contributed by atoms with E-state index < -0.39 is 63.9 Å². The highest BCUT2D eigenvalue weighted by atomic mass is 32.2. The highest BCUT2D eigenvalue weighted by molar-refractivity contribution is 8.20. The lowest BCUT2D eigenvalue weighted by molar-refractivity contribution is -0.154. The molecule has 26 heavy (non-hydrogen) atoms. The fourth-order valence-electron chi connectivity index (χ4n) is 1.50. The molecular formula is C13H26O8S5. The molecule has 0 aromatic carbocycles. The Balaban J connectivity index is 4.93. The van der Waals surface area contributed by atoms with Crippen molar-refractivity contribution in [3.05, 3.63) is 0 Å². The molecule has 0 bridgehead atoms. The predicted molar refractivity (Wildman–Crippen MR) is 112 cm³/mol. The second-order valence-corrected chi connectivity index (χ2v) is 10.9. The first-order valence-corrected chi connectivity index (χ1v) is 9.54. The van der Waals surface area contributed by atoms with E-state index in [1.165, 1.54) is 0 Å². The van der Waals surface area contributed by atoms with Crippen molar-refractivity contribution >= 4 is 69.1 Å². The van der Waals surface area contributed by atoms with Gasteiger partial charge in [0.25, 0.3) is 0 Å². The van der Waals surface area contributed by atoms with Gasteiger partial charge in [0.15, 0.2) is 4.08 Å². The fourth-order valence-corrected chi connectivity index (χ4v) is 1.90. The molecule has 0 spiro atoms. The molecule has 0 aliphatic rings. The van der Waals surface area contributed by atoms with Gasteiger partial charge in [0.2, 0.25) is 0 Å². The first-order valence-electron chi connectivity index (χ1n) is 7.30. The van der Waals surface area contributed by atoms with Crippen molar-refractivity contribution in [2.75, 3.05) is 52.9 Å². The summed E-state index contributed by atoms with van der Waals surface area (Å²) in [6.07, 6.45) is 0. The fraction of sp³-hybridized carbons (Fsp3) is 0.923. The van der Waals surface area contributed by atoms with Gasteiger partial charge >= 0.3 is 5.97 Å². The molecule has 0 amide bonds. The van der Waals surface area contributed by atoms with Crippen molar-refractivity contribution in [1.29, 1.82) is 0 Å². The zero-order valence-electron chi connectivity index (χ0n) is 13.9. The van der Waals surface area contributed by atoms with Crippen molar-refractivity contribution in [3.63, 3.8) is 0 Å². The van der Waals surface area contributed by atoms with Gasteiger partial charge in [0.1, 0.15) is 10.0 Å². The summed E-state index contributed by atoms with van der Waals surface area (Å²) in [7, 11) is 0. The molecule has 8 nitrogen and oxygen atoms in total. The van der Waals surface area contributed by atoms with Crippen LogP contribution < -0.4 is 0 Å². The van der Waals surface area contributed by atoms with E-state index >= 15 is 0 Å². The largest absolute Gasteiger partial charge is 0.463 e. The Hall–Kier alpha value is 0.980. The maximum Gasteiger partial charge on any atom is 0.335 e. The van der Waals surface area contributed by atoms with Gasteiger partial charge in [-0.1, -0.05) is 0 Å². The molecule has 13 heteroatoms. The lowest BCUT2D eigenvalue weighted by Gasteiger charge is -2.35. The average molecular weight is 471 g/mol. The lowest BCUT2D eigenvalue weighted by atomic mass is 9.90. The molecule has 0 unspecified atom stereocenters. The van der Waals surface area contributed by atoms with Crippen LogP contribution in [0.5, 0.6) is 0 Å². The molecule has 0 fully saturated rings. The number of ether oxygens (including phenoxy) is 2. The van der Waals surface area contributed by atoms with E-state index in [2.05, 4.69) is 63.1 Å². The molecule has 5 N–H and O–H groups in total. The normalized spacial score (nSPS) is 13.8. The van der Waals surface area contributed by atoms with Crippen LogP contribution in [0.3, 0.4) is 0 Å². The van der Waals surface area contributed by atoms with E-state index in [0.717, 1.165) is 0 Å². The SMILES string of the molecule is O=C(OCC(CO)(CO)COCC(CO)(CO)CO)C(S)(S)C(S)(S)S. The van der Waals surface area contributed by atoms with Crippen molar-refractivity contribution in [1.82, 2.24) is 0 Å². The van der Waals surface area contributed by atoms with E-state index in [9.17, 15) is 30.3 Å². The topological polar surface area (TPSA) is 137 Å². The van der Waals surface area contributed by atoms with Crippen molar-refractivity contribution in [3.8, 4) is 0 Å². The van der Waals surface area contributed by atoms with E-state index in [1.807, 2.05) is 0 Å². The Morgan fingerprint density at radius 3 is 1.42 bits per heavy atom.